The molecule has 1 nitrogen and oxygen atoms in total. The lowest BCUT2D eigenvalue weighted by Gasteiger charge is -2.45. The van der Waals surface area contributed by atoms with Crippen LogP contribution in [0.4, 0.5) is 0 Å². The van der Waals surface area contributed by atoms with E-state index in [4.69, 9.17) is 0 Å². The Hall–Kier alpha value is -0.0400. The van der Waals surface area contributed by atoms with Crippen molar-refractivity contribution in [2.24, 2.45) is 5.92 Å². The monoisotopic (exact) mass is 185 g/mol. The van der Waals surface area contributed by atoms with E-state index >= 15 is 0 Å². The fourth-order valence-corrected chi connectivity index (χ4v) is 2.04. The van der Waals surface area contributed by atoms with Crippen molar-refractivity contribution < 1.29 is 0 Å². The van der Waals surface area contributed by atoms with Crippen LogP contribution >= 0.6 is 0 Å². The predicted octanol–water partition coefficient (Wildman–Crippen LogP) is 3.54. The molecule has 0 unspecified atom stereocenters. The standard InChI is InChI=1S/C12H27N/c1-10(2)9-12(6,7)13(8)11(3,4)5/h10H,9H2,1-8H3. The summed E-state index contributed by atoms with van der Waals surface area (Å²) >= 11 is 0. The fraction of sp³-hybridized carbons (Fsp3) is 1.00. The van der Waals surface area contributed by atoms with E-state index in [1.807, 2.05) is 0 Å². The summed E-state index contributed by atoms with van der Waals surface area (Å²) in [5.74, 6) is 0.764. The molecule has 0 bridgehead atoms. The highest BCUT2D eigenvalue weighted by Gasteiger charge is 2.31. The highest BCUT2D eigenvalue weighted by Crippen LogP contribution is 2.28. The second-order valence-electron chi connectivity index (χ2n) is 6.14. The molecular formula is C12H27N. The molecule has 0 aliphatic carbocycles. The van der Waals surface area contributed by atoms with Crippen LogP contribution in [0.25, 0.3) is 0 Å². The fourth-order valence-electron chi connectivity index (χ4n) is 2.04. The molecule has 0 rings (SSSR count). The zero-order chi connectivity index (χ0) is 10.9. The molecule has 0 spiro atoms. The summed E-state index contributed by atoms with van der Waals surface area (Å²) < 4.78 is 0. The largest absolute Gasteiger partial charge is 0.296 e. The molecule has 0 amide bonds. The molecule has 0 atom stereocenters. The highest BCUT2D eigenvalue weighted by molar-refractivity contribution is 4.87. The van der Waals surface area contributed by atoms with Gasteiger partial charge in [0.25, 0.3) is 0 Å². The summed E-state index contributed by atoms with van der Waals surface area (Å²) in [4.78, 5) is 2.47. The van der Waals surface area contributed by atoms with Crippen molar-refractivity contribution in [1.29, 1.82) is 0 Å². The smallest absolute Gasteiger partial charge is 0.0157 e. The van der Waals surface area contributed by atoms with E-state index in [1.54, 1.807) is 0 Å². The van der Waals surface area contributed by atoms with E-state index in [1.165, 1.54) is 6.42 Å². The average molecular weight is 185 g/mol. The van der Waals surface area contributed by atoms with Gasteiger partial charge < -0.3 is 0 Å². The van der Waals surface area contributed by atoms with Gasteiger partial charge in [-0.3, -0.25) is 4.90 Å². The maximum absolute atomic E-state index is 2.47. The van der Waals surface area contributed by atoms with Gasteiger partial charge in [0.2, 0.25) is 0 Å². The molecular weight excluding hydrogens is 158 g/mol. The maximum atomic E-state index is 2.47. The lowest BCUT2D eigenvalue weighted by Crippen LogP contribution is -2.52. The molecule has 0 aromatic rings. The van der Waals surface area contributed by atoms with Gasteiger partial charge >= 0.3 is 0 Å². The Morgan fingerprint density at radius 1 is 1.00 bits per heavy atom. The van der Waals surface area contributed by atoms with E-state index in [0.29, 0.717) is 5.54 Å². The molecule has 0 radical (unpaired) electrons. The van der Waals surface area contributed by atoms with Crippen LogP contribution in [0, 0.1) is 5.92 Å². The van der Waals surface area contributed by atoms with Crippen molar-refractivity contribution in [2.75, 3.05) is 7.05 Å². The molecule has 0 aliphatic heterocycles. The van der Waals surface area contributed by atoms with Gasteiger partial charge in [0.15, 0.2) is 0 Å². The summed E-state index contributed by atoms with van der Waals surface area (Å²) in [6.45, 7) is 16.1. The third kappa shape index (κ3) is 4.12. The predicted molar refractivity (Wildman–Crippen MR) is 61.1 cm³/mol. The zero-order valence-electron chi connectivity index (χ0n) is 10.7. The van der Waals surface area contributed by atoms with Crippen molar-refractivity contribution in [2.45, 2.75) is 66.0 Å². The first-order chi connectivity index (χ1) is 5.57. The molecule has 0 aromatic carbocycles. The second kappa shape index (κ2) is 4.00. The summed E-state index contributed by atoms with van der Waals surface area (Å²) in [5, 5.41) is 0. The normalized spacial score (nSPS) is 14.3. The lowest BCUT2D eigenvalue weighted by atomic mass is 9.88. The zero-order valence-corrected chi connectivity index (χ0v) is 10.7. The van der Waals surface area contributed by atoms with Gasteiger partial charge in [-0.25, -0.2) is 0 Å². The van der Waals surface area contributed by atoms with Crippen molar-refractivity contribution in [3.63, 3.8) is 0 Å². The molecule has 0 aliphatic rings. The third-order valence-electron chi connectivity index (χ3n) is 2.82. The molecule has 13 heavy (non-hydrogen) atoms. The van der Waals surface area contributed by atoms with Gasteiger partial charge in [0, 0.05) is 11.1 Å². The second-order valence-corrected chi connectivity index (χ2v) is 6.14. The van der Waals surface area contributed by atoms with Crippen LogP contribution in [0.2, 0.25) is 0 Å². The number of hydrogen-bond acceptors (Lipinski definition) is 1. The Labute approximate surface area is 84.5 Å². The number of nitrogens with zero attached hydrogens (tertiary/aromatic N) is 1. The maximum Gasteiger partial charge on any atom is 0.0157 e. The van der Waals surface area contributed by atoms with Gasteiger partial charge in [-0.1, -0.05) is 13.8 Å². The summed E-state index contributed by atoms with van der Waals surface area (Å²) in [6, 6.07) is 0. The molecule has 0 heterocycles. The van der Waals surface area contributed by atoms with Crippen molar-refractivity contribution in [3.05, 3.63) is 0 Å². The minimum atomic E-state index is 0.262. The van der Waals surface area contributed by atoms with Crippen LogP contribution in [0.15, 0.2) is 0 Å². The third-order valence-corrected chi connectivity index (χ3v) is 2.82. The highest BCUT2D eigenvalue weighted by atomic mass is 15.2. The average Bonchev–Trinajstić information content (AvgIpc) is 1.80. The minimum absolute atomic E-state index is 0.262. The first-order valence-electron chi connectivity index (χ1n) is 5.31. The van der Waals surface area contributed by atoms with Crippen LogP contribution in [0.5, 0.6) is 0 Å². The molecule has 0 N–H and O–H groups in total. The van der Waals surface area contributed by atoms with Crippen LogP contribution in [0.3, 0.4) is 0 Å². The van der Waals surface area contributed by atoms with Crippen molar-refractivity contribution >= 4 is 0 Å². The van der Waals surface area contributed by atoms with E-state index in [2.05, 4.69) is 60.4 Å². The first-order valence-corrected chi connectivity index (χ1v) is 5.31. The van der Waals surface area contributed by atoms with Crippen LogP contribution in [0.1, 0.15) is 54.9 Å². The van der Waals surface area contributed by atoms with Crippen LogP contribution in [-0.2, 0) is 0 Å². The Bertz CT molecular complexity index is 151. The quantitative estimate of drug-likeness (QED) is 0.650. The minimum Gasteiger partial charge on any atom is -0.296 e. The number of hydrogen-bond donors (Lipinski definition) is 0. The Kier molecular flexibility index (Phi) is 3.98. The Morgan fingerprint density at radius 2 is 1.38 bits per heavy atom. The number of rotatable bonds is 3. The van der Waals surface area contributed by atoms with Crippen molar-refractivity contribution in [1.82, 2.24) is 4.90 Å². The van der Waals surface area contributed by atoms with E-state index in [9.17, 15) is 0 Å². The van der Waals surface area contributed by atoms with Gasteiger partial charge in [0.1, 0.15) is 0 Å². The Morgan fingerprint density at radius 3 is 1.62 bits per heavy atom. The summed E-state index contributed by atoms with van der Waals surface area (Å²) in [7, 11) is 2.22. The topological polar surface area (TPSA) is 3.24 Å². The summed E-state index contributed by atoms with van der Waals surface area (Å²) in [5.41, 5.74) is 0.560. The van der Waals surface area contributed by atoms with E-state index in [0.717, 1.165) is 5.92 Å². The summed E-state index contributed by atoms with van der Waals surface area (Å²) in [6.07, 6.45) is 1.25. The van der Waals surface area contributed by atoms with Crippen molar-refractivity contribution in [3.8, 4) is 0 Å². The lowest BCUT2D eigenvalue weighted by molar-refractivity contribution is 0.0421. The molecule has 0 saturated heterocycles. The molecule has 0 saturated carbocycles. The Balaban J connectivity index is 4.45. The first kappa shape index (κ1) is 13.0. The van der Waals surface area contributed by atoms with Crippen LogP contribution < -0.4 is 0 Å². The van der Waals surface area contributed by atoms with Crippen LogP contribution in [-0.4, -0.2) is 23.0 Å². The molecule has 0 fully saturated rings. The van der Waals surface area contributed by atoms with Gasteiger partial charge in [-0.05, 0) is 54.0 Å². The van der Waals surface area contributed by atoms with Gasteiger partial charge in [-0.15, -0.1) is 0 Å². The van der Waals surface area contributed by atoms with E-state index in [-0.39, 0.29) is 5.54 Å². The molecule has 80 valence electrons. The molecule has 1 heteroatoms. The van der Waals surface area contributed by atoms with Gasteiger partial charge in [0.05, 0.1) is 0 Å². The van der Waals surface area contributed by atoms with Gasteiger partial charge in [-0.2, -0.15) is 0 Å². The SMILES string of the molecule is CC(C)CC(C)(C)N(C)C(C)(C)C. The molecule has 0 aromatic heterocycles. The van der Waals surface area contributed by atoms with E-state index < -0.39 is 0 Å².